The molecule has 1 amide bonds. The van der Waals surface area contributed by atoms with Crippen LogP contribution in [0.25, 0.3) is 28.2 Å². The van der Waals surface area contributed by atoms with Crippen molar-refractivity contribution in [3.8, 4) is 17.4 Å². The van der Waals surface area contributed by atoms with Crippen molar-refractivity contribution < 1.29 is 13.9 Å². The molecule has 6 heteroatoms. The van der Waals surface area contributed by atoms with Crippen molar-refractivity contribution in [3.05, 3.63) is 59.9 Å². The lowest BCUT2D eigenvalue weighted by molar-refractivity contribution is -0.119. The minimum Gasteiger partial charge on any atom is -0.457 e. The number of nitriles is 1. The van der Waals surface area contributed by atoms with E-state index in [1.807, 2.05) is 52.8 Å². The fraction of sp³-hybridized carbons (Fsp3) is 0.438. The second-order valence-electron chi connectivity index (χ2n) is 10.9. The first-order chi connectivity index (χ1) is 18.0. The van der Waals surface area contributed by atoms with Crippen molar-refractivity contribution in [2.24, 2.45) is 0 Å². The van der Waals surface area contributed by atoms with Gasteiger partial charge in [-0.1, -0.05) is 25.1 Å². The number of hydrogen-bond donors (Lipinski definition) is 1. The van der Waals surface area contributed by atoms with Crippen molar-refractivity contribution in [3.63, 3.8) is 0 Å². The Morgan fingerprint density at radius 3 is 2.34 bits per heavy atom. The van der Waals surface area contributed by atoms with Crippen molar-refractivity contribution >= 4 is 28.4 Å². The normalized spacial score (nSPS) is 13.7. The first-order valence-corrected chi connectivity index (χ1v) is 13.5. The number of furan rings is 1. The molecule has 1 heterocycles. The number of amides is 1. The van der Waals surface area contributed by atoms with Gasteiger partial charge in [0.15, 0.2) is 0 Å². The lowest BCUT2D eigenvalue weighted by Gasteiger charge is -2.31. The summed E-state index contributed by atoms with van der Waals surface area (Å²) in [4.78, 5) is 15.3. The highest BCUT2D eigenvalue weighted by Gasteiger charge is 2.27. The number of hydrogen-bond acceptors (Lipinski definition) is 5. The van der Waals surface area contributed by atoms with Gasteiger partial charge in [-0.05, 0) is 95.5 Å². The lowest BCUT2D eigenvalue weighted by atomic mass is 9.94. The molecule has 38 heavy (non-hydrogen) atoms. The average molecular weight is 516 g/mol. The van der Waals surface area contributed by atoms with Crippen molar-refractivity contribution in [1.29, 1.82) is 5.26 Å². The summed E-state index contributed by atoms with van der Waals surface area (Å²) in [5.74, 6) is 0.722. The van der Waals surface area contributed by atoms with E-state index < -0.39 is 11.4 Å². The molecule has 1 atom stereocenters. The van der Waals surface area contributed by atoms with Gasteiger partial charge in [0, 0.05) is 42.6 Å². The van der Waals surface area contributed by atoms with Crippen LogP contribution >= 0.6 is 0 Å². The zero-order valence-electron chi connectivity index (χ0n) is 23.9. The third-order valence-corrected chi connectivity index (χ3v) is 6.90. The van der Waals surface area contributed by atoms with E-state index in [1.54, 1.807) is 6.07 Å². The Morgan fingerprint density at radius 1 is 1.03 bits per heavy atom. The molecule has 3 aromatic rings. The van der Waals surface area contributed by atoms with Crippen LogP contribution in [-0.2, 0) is 9.53 Å². The predicted molar refractivity (Wildman–Crippen MR) is 156 cm³/mol. The smallest absolute Gasteiger partial charge is 0.262 e. The molecule has 3 rings (SSSR count). The average Bonchev–Trinajstić information content (AvgIpc) is 3.35. The number of carbonyl (C=O) groups is 1. The van der Waals surface area contributed by atoms with E-state index in [0.717, 1.165) is 24.0 Å². The third-order valence-electron chi connectivity index (χ3n) is 6.90. The number of fused-ring (bicyclic) bond motifs is 1. The fourth-order valence-corrected chi connectivity index (χ4v) is 4.30. The topological polar surface area (TPSA) is 78.5 Å². The van der Waals surface area contributed by atoms with Crippen LogP contribution in [0.3, 0.4) is 0 Å². The summed E-state index contributed by atoms with van der Waals surface area (Å²) in [5, 5.41) is 15.0. The molecule has 0 fully saturated rings. The third kappa shape index (κ3) is 7.49. The molecule has 0 saturated carbocycles. The van der Waals surface area contributed by atoms with Gasteiger partial charge in [0.05, 0.1) is 5.60 Å². The second-order valence-corrected chi connectivity index (χ2v) is 10.9. The summed E-state index contributed by atoms with van der Waals surface area (Å²) in [7, 11) is 0. The Balaban J connectivity index is 1.76. The molecule has 0 aliphatic heterocycles. The minimum atomic E-state index is -0.483. The Hall–Kier alpha value is -3.56. The maximum absolute atomic E-state index is 13.0. The Kier molecular flexibility index (Phi) is 9.40. The predicted octanol–water partition coefficient (Wildman–Crippen LogP) is 7.34. The Morgan fingerprint density at radius 2 is 1.71 bits per heavy atom. The van der Waals surface area contributed by atoms with E-state index in [9.17, 15) is 10.1 Å². The molecular formula is C32H41N3O3. The molecule has 0 aliphatic carbocycles. The van der Waals surface area contributed by atoms with Gasteiger partial charge in [0.2, 0.25) is 0 Å². The zero-order valence-corrected chi connectivity index (χ0v) is 23.9. The molecule has 2 aromatic carbocycles. The van der Waals surface area contributed by atoms with Crippen molar-refractivity contribution in [1.82, 2.24) is 5.32 Å². The van der Waals surface area contributed by atoms with Gasteiger partial charge in [-0.25, -0.2) is 0 Å². The molecule has 0 bridgehead atoms. The van der Waals surface area contributed by atoms with Gasteiger partial charge in [0.1, 0.15) is 23.2 Å². The van der Waals surface area contributed by atoms with Crippen LogP contribution in [0.4, 0.5) is 5.69 Å². The van der Waals surface area contributed by atoms with Crippen LogP contribution in [0, 0.1) is 11.3 Å². The van der Waals surface area contributed by atoms with Crippen LogP contribution in [0.1, 0.15) is 67.1 Å². The number of nitrogens with zero attached hydrogens (tertiary/aromatic N) is 2. The van der Waals surface area contributed by atoms with Crippen LogP contribution in [0.5, 0.6) is 0 Å². The Labute approximate surface area is 227 Å². The molecule has 0 spiro atoms. The SMILES string of the molecule is CCN(CC)c1ccc2cc(-c3ccc(C=C(C#N)C(=O)NC(C)(CC)CCOC(C)(C)C)o3)ccc2c1. The molecule has 1 aromatic heterocycles. The van der Waals surface area contributed by atoms with E-state index in [0.29, 0.717) is 31.0 Å². The first kappa shape index (κ1) is 29.0. The summed E-state index contributed by atoms with van der Waals surface area (Å²) in [6.45, 7) is 16.8. The highest BCUT2D eigenvalue weighted by molar-refractivity contribution is 6.01. The number of anilines is 1. The number of ether oxygens (including phenoxy) is 1. The maximum atomic E-state index is 13.0. The monoisotopic (exact) mass is 515 g/mol. The van der Waals surface area contributed by atoms with Crippen LogP contribution in [-0.4, -0.2) is 36.7 Å². The van der Waals surface area contributed by atoms with Gasteiger partial charge in [-0.3, -0.25) is 4.79 Å². The summed E-state index contributed by atoms with van der Waals surface area (Å²) in [5.41, 5.74) is 1.43. The largest absolute Gasteiger partial charge is 0.457 e. The van der Waals surface area contributed by atoms with Crippen LogP contribution in [0.15, 0.2) is 58.5 Å². The van der Waals surface area contributed by atoms with Crippen molar-refractivity contribution in [2.75, 3.05) is 24.6 Å². The molecular weight excluding hydrogens is 474 g/mol. The molecule has 6 nitrogen and oxygen atoms in total. The molecule has 0 aliphatic rings. The van der Waals surface area contributed by atoms with Gasteiger partial charge in [0.25, 0.3) is 5.91 Å². The molecule has 1 N–H and O–H groups in total. The maximum Gasteiger partial charge on any atom is 0.262 e. The summed E-state index contributed by atoms with van der Waals surface area (Å²) in [6.07, 6.45) is 2.86. The minimum absolute atomic E-state index is 0.00441. The quantitative estimate of drug-likeness (QED) is 0.213. The van der Waals surface area contributed by atoms with Crippen LogP contribution < -0.4 is 10.2 Å². The number of nitrogens with one attached hydrogen (secondary N) is 1. The summed E-state index contributed by atoms with van der Waals surface area (Å²) >= 11 is 0. The van der Waals surface area contributed by atoms with Crippen molar-refractivity contribution in [2.45, 2.75) is 72.4 Å². The fourth-order valence-electron chi connectivity index (χ4n) is 4.30. The highest BCUT2D eigenvalue weighted by atomic mass is 16.5. The molecule has 0 radical (unpaired) electrons. The zero-order chi connectivity index (χ0) is 27.9. The Bertz CT molecular complexity index is 1320. The van der Waals surface area contributed by atoms with Gasteiger partial charge < -0.3 is 19.4 Å². The van der Waals surface area contributed by atoms with E-state index in [-0.39, 0.29) is 11.2 Å². The second kappa shape index (κ2) is 12.3. The number of benzene rings is 2. The summed E-state index contributed by atoms with van der Waals surface area (Å²) in [6, 6.07) is 18.4. The van der Waals surface area contributed by atoms with Gasteiger partial charge in [-0.2, -0.15) is 5.26 Å². The van der Waals surface area contributed by atoms with Crippen LogP contribution in [0.2, 0.25) is 0 Å². The standard InChI is InChI=1S/C32H41N3O3/c1-8-32(7,17-18-37-31(4,5)6)34-30(36)26(22-33)21-28-15-16-29(38-28)25-12-11-24-20-27(35(9-2)10-3)14-13-23(24)19-25/h11-16,19-21H,8-10,17-18H2,1-7H3,(H,34,36). The molecule has 0 saturated heterocycles. The van der Waals surface area contributed by atoms with Gasteiger partial charge >= 0.3 is 0 Å². The summed E-state index contributed by atoms with van der Waals surface area (Å²) < 4.78 is 11.9. The highest BCUT2D eigenvalue weighted by Crippen LogP contribution is 2.29. The lowest BCUT2D eigenvalue weighted by Crippen LogP contribution is -2.47. The van der Waals surface area contributed by atoms with E-state index in [4.69, 9.17) is 9.15 Å². The molecule has 202 valence electrons. The number of carbonyl (C=O) groups excluding carboxylic acids is 1. The van der Waals surface area contributed by atoms with E-state index in [1.165, 1.54) is 17.1 Å². The van der Waals surface area contributed by atoms with E-state index in [2.05, 4.69) is 54.4 Å². The number of rotatable bonds is 11. The van der Waals surface area contributed by atoms with E-state index >= 15 is 0 Å². The van der Waals surface area contributed by atoms with Gasteiger partial charge in [-0.15, -0.1) is 0 Å². The molecule has 1 unspecified atom stereocenters. The first-order valence-electron chi connectivity index (χ1n) is 13.5.